The van der Waals surface area contributed by atoms with Crippen molar-refractivity contribution in [3.05, 3.63) is 47.9 Å². The van der Waals surface area contributed by atoms with Crippen LogP contribution in [0.25, 0.3) is 0 Å². The summed E-state index contributed by atoms with van der Waals surface area (Å²) in [7, 11) is 0. The summed E-state index contributed by atoms with van der Waals surface area (Å²) < 4.78 is 13.0. The highest BCUT2D eigenvalue weighted by Crippen LogP contribution is 2.29. The molecule has 0 bridgehead atoms. The lowest BCUT2D eigenvalue weighted by molar-refractivity contribution is 0.624. The second kappa shape index (κ2) is 4.53. The number of nitrogens with two attached hydrogens (primary N) is 1. The first-order valence-electron chi connectivity index (χ1n) is 4.81. The van der Waals surface area contributed by atoms with Crippen LogP contribution in [0.2, 0.25) is 0 Å². The van der Waals surface area contributed by atoms with Gasteiger partial charge in [-0.15, -0.1) is 0 Å². The Balaban J connectivity index is 2.27. The van der Waals surface area contributed by atoms with Crippen LogP contribution in [0.4, 0.5) is 10.1 Å². The van der Waals surface area contributed by atoms with Gasteiger partial charge in [0.05, 0.1) is 11.9 Å². The molecule has 0 fully saturated rings. The van der Waals surface area contributed by atoms with Crippen molar-refractivity contribution in [3.63, 3.8) is 0 Å². The minimum atomic E-state index is -0.238. The molecule has 1 aromatic heterocycles. The van der Waals surface area contributed by atoms with Gasteiger partial charge in [-0.25, -0.2) is 9.37 Å². The Hall–Kier alpha value is -1.55. The molecular formula is C12H11FN2S. The zero-order chi connectivity index (χ0) is 11.5. The number of hydrogen-bond acceptors (Lipinski definition) is 3. The minimum Gasteiger partial charge on any atom is -0.397 e. The lowest BCUT2D eigenvalue weighted by Crippen LogP contribution is -1.91. The molecule has 2 N–H and O–H groups in total. The van der Waals surface area contributed by atoms with Crippen LogP contribution in [-0.2, 0) is 0 Å². The Morgan fingerprint density at radius 1 is 1.31 bits per heavy atom. The van der Waals surface area contributed by atoms with Gasteiger partial charge < -0.3 is 5.73 Å². The topological polar surface area (TPSA) is 38.9 Å². The quantitative estimate of drug-likeness (QED) is 0.866. The average Bonchev–Trinajstić information content (AvgIpc) is 2.22. The van der Waals surface area contributed by atoms with Crippen LogP contribution in [0.15, 0.2) is 46.5 Å². The van der Waals surface area contributed by atoms with Gasteiger partial charge in [0.15, 0.2) is 0 Å². The van der Waals surface area contributed by atoms with E-state index in [4.69, 9.17) is 5.73 Å². The molecule has 4 heteroatoms. The standard InChI is InChI=1S/C12H11FN2S/c1-8-5-10(14)7-15-12(8)16-11-4-2-3-9(13)6-11/h2-7H,14H2,1H3. The van der Waals surface area contributed by atoms with E-state index in [1.54, 1.807) is 12.3 Å². The van der Waals surface area contributed by atoms with E-state index in [0.717, 1.165) is 15.5 Å². The summed E-state index contributed by atoms with van der Waals surface area (Å²) in [5.74, 6) is -0.238. The van der Waals surface area contributed by atoms with Gasteiger partial charge in [-0.2, -0.15) is 0 Å². The third kappa shape index (κ3) is 2.52. The van der Waals surface area contributed by atoms with Crippen LogP contribution in [0.1, 0.15) is 5.56 Å². The van der Waals surface area contributed by atoms with Crippen molar-refractivity contribution in [1.82, 2.24) is 4.98 Å². The fourth-order valence-electron chi connectivity index (χ4n) is 1.33. The number of anilines is 1. The van der Waals surface area contributed by atoms with Crippen molar-refractivity contribution in [1.29, 1.82) is 0 Å². The lowest BCUT2D eigenvalue weighted by atomic mass is 10.3. The molecule has 2 aromatic rings. The SMILES string of the molecule is Cc1cc(N)cnc1Sc1cccc(F)c1. The number of pyridine rings is 1. The lowest BCUT2D eigenvalue weighted by Gasteiger charge is -2.05. The number of aryl methyl sites for hydroxylation is 1. The number of benzene rings is 1. The summed E-state index contributed by atoms with van der Waals surface area (Å²) in [6, 6.07) is 8.31. The van der Waals surface area contributed by atoms with Gasteiger partial charge in [0.2, 0.25) is 0 Å². The van der Waals surface area contributed by atoms with Crippen LogP contribution in [0, 0.1) is 12.7 Å². The van der Waals surface area contributed by atoms with Gasteiger partial charge in [-0.05, 0) is 36.8 Å². The Kier molecular flexibility index (Phi) is 3.10. The number of halogens is 1. The maximum atomic E-state index is 13.0. The van der Waals surface area contributed by atoms with E-state index >= 15 is 0 Å². The molecule has 0 saturated carbocycles. The van der Waals surface area contributed by atoms with Crippen LogP contribution >= 0.6 is 11.8 Å². The second-order valence-corrected chi connectivity index (χ2v) is 4.51. The third-order valence-corrected chi connectivity index (χ3v) is 3.17. The predicted octanol–water partition coefficient (Wildman–Crippen LogP) is 3.26. The monoisotopic (exact) mass is 234 g/mol. The van der Waals surface area contributed by atoms with Crippen LogP contribution in [-0.4, -0.2) is 4.98 Å². The maximum absolute atomic E-state index is 13.0. The molecule has 0 unspecified atom stereocenters. The summed E-state index contributed by atoms with van der Waals surface area (Å²) in [4.78, 5) is 5.05. The number of nitrogens with zero attached hydrogens (tertiary/aromatic N) is 1. The van der Waals surface area contributed by atoms with Crippen LogP contribution < -0.4 is 5.73 Å². The van der Waals surface area contributed by atoms with Gasteiger partial charge >= 0.3 is 0 Å². The normalized spacial score (nSPS) is 10.4. The largest absolute Gasteiger partial charge is 0.397 e. The van der Waals surface area contributed by atoms with Gasteiger partial charge in [0, 0.05) is 4.90 Å². The van der Waals surface area contributed by atoms with Gasteiger partial charge in [0.25, 0.3) is 0 Å². The van der Waals surface area contributed by atoms with E-state index in [1.807, 2.05) is 19.1 Å². The molecule has 0 amide bonds. The molecule has 2 rings (SSSR count). The average molecular weight is 234 g/mol. The molecule has 0 aliphatic carbocycles. The summed E-state index contributed by atoms with van der Waals surface area (Å²) in [6.07, 6.45) is 1.61. The molecule has 0 aliphatic heterocycles. The molecule has 0 atom stereocenters. The van der Waals surface area contributed by atoms with Gasteiger partial charge in [-0.1, -0.05) is 17.8 Å². The van der Waals surface area contributed by atoms with E-state index in [0.29, 0.717) is 5.69 Å². The van der Waals surface area contributed by atoms with Crippen molar-refractivity contribution >= 4 is 17.4 Å². The highest BCUT2D eigenvalue weighted by Gasteiger charge is 2.03. The van der Waals surface area contributed by atoms with E-state index in [1.165, 1.54) is 23.9 Å². The highest BCUT2D eigenvalue weighted by molar-refractivity contribution is 7.99. The molecule has 1 aromatic carbocycles. The molecule has 0 saturated heterocycles. The van der Waals surface area contributed by atoms with E-state index in [9.17, 15) is 4.39 Å². The van der Waals surface area contributed by atoms with Crippen molar-refractivity contribution in [2.45, 2.75) is 16.8 Å². The molecule has 2 nitrogen and oxygen atoms in total. The summed E-state index contributed by atoms with van der Waals surface area (Å²) in [5, 5.41) is 0.847. The summed E-state index contributed by atoms with van der Waals surface area (Å²) >= 11 is 1.43. The van der Waals surface area contributed by atoms with Crippen molar-refractivity contribution < 1.29 is 4.39 Å². The van der Waals surface area contributed by atoms with Crippen molar-refractivity contribution in [2.24, 2.45) is 0 Å². The molecule has 0 spiro atoms. The fraction of sp³-hybridized carbons (Fsp3) is 0.0833. The van der Waals surface area contributed by atoms with Crippen molar-refractivity contribution in [3.8, 4) is 0 Å². The molecule has 0 aliphatic rings. The molecule has 16 heavy (non-hydrogen) atoms. The molecule has 1 heterocycles. The fourth-order valence-corrected chi connectivity index (χ4v) is 2.20. The number of hydrogen-bond donors (Lipinski definition) is 1. The smallest absolute Gasteiger partial charge is 0.124 e. The number of rotatable bonds is 2. The van der Waals surface area contributed by atoms with Crippen LogP contribution in [0.3, 0.4) is 0 Å². The van der Waals surface area contributed by atoms with E-state index in [2.05, 4.69) is 4.98 Å². The first-order valence-corrected chi connectivity index (χ1v) is 5.62. The van der Waals surface area contributed by atoms with Crippen LogP contribution in [0.5, 0.6) is 0 Å². The Morgan fingerprint density at radius 2 is 2.12 bits per heavy atom. The molecular weight excluding hydrogens is 223 g/mol. The predicted molar refractivity (Wildman–Crippen MR) is 63.9 cm³/mol. The summed E-state index contributed by atoms with van der Waals surface area (Å²) in [5.41, 5.74) is 7.25. The minimum absolute atomic E-state index is 0.238. The second-order valence-electron chi connectivity index (χ2n) is 3.45. The first kappa shape index (κ1) is 11.0. The number of aromatic nitrogens is 1. The zero-order valence-electron chi connectivity index (χ0n) is 8.77. The Labute approximate surface area is 97.7 Å². The zero-order valence-corrected chi connectivity index (χ0v) is 9.59. The van der Waals surface area contributed by atoms with Crippen molar-refractivity contribution in [2.75, 3.05) is 5.73 Å². The highest BCUT2D eigenvalue weighted by atomic mass is 32.2. The van der Waals surface area contributed by atoms with Gasteiger partial charge in [0.1, 0.15) is 10.8 Å². The third-order valence-electron chi connectivity index (χ3n) is 2.06. The first-order chi connectivity index (χ1) is 7.65. The molecule has 82 valence electrons. The van der Waals surface area contributed by atoms with E-state index < -0.39 is 0 Å². The maximum Gasteiger partial charge on any atom is 0.124 e. The summed E-state index contributed by atoms with van der Waals surface area (Å²) in [6.45, 7) is 1.94. The number of nitrogen functional groups attached to an aromatic ring is 1. The Morgan fingerprint density at radius 3 is 2.81 bits per heavy atom. The van der Waals surface area contributed by atoms with E-state index in [-0.39, 0.29) is 5.82 Å². The molecule has 0 radical (unpaired) electrons. The van der Waals surface area contributed by atoms with Gasteiger partial charge in [-0.3, -0.25) is 0 Å². The Bertz CT molecular complexity index is 514.